The molecule has 5 nitrogen and oxygen atoms in total. The largest absolute Gasteiger partial charge is 0.444 e. The zero-order valence-electron chi connectivity index (χ0n) is 14.0. The zero-order valence-corrected chi connectivity index (χ0v) is 14.0. The van der Waals surface area contributed by atoms with Crippen molar-refractivity contribution >= 4 is 6.09 Å². The number of nitrogens with two attached hydrogens (primary N) is 1. The predicted octanol–water partition coefficient (Wildman–Crippen LogP) is 2.17. The number of amides is 1. The third-order valence-electron chi connectivity index (χ3n) is 3.25. The Morgan fingerprint density at radius 1 is 1.32 bits per heavy atom. The summed E-state index contributed by atoms with van der Waals surface area (Å²) in [5.74, 6) is 0. The molecule has 0 radical (unpaired) electrons. The summed E-state index contributed by atoms with van der Waals surface area (Å²) in [6.07, 6.45) is -0.665. The van der Waals surface area contributed by atoms with Crippen molar-refractivity contribution < 1.29 is 14.6 Å². The summed E-state index contributed by atoms with van der Waals surface area (Å²) in [6.45, 7) is 7.92. The maximum Gasteiger partial charge on any atom is 0.410 e. The molecule has 0 bridgehead atoms. The molecule has 0 heterocycles. The van der Waals surface area contributed by atoms with E-state index in [1.54, 1.807) is 0 Å². The summed E-state index contributed by atoms with van der Waals surface area (Å²) < 4.78 is 5.32. The molecule has 1 amide bonds. The lowest BCUT2D eigenvalue weighted by molar-refractivity contribution is 0.0133. The van der Waals surface area contributed by atoms with E-state index >= 15 is 0 Å². The minimum Gasteiger partial charge on any atom is -0.444 e. The topological polar surface area (TPSA) is 75.8 Å². The Labute approximate surface area is 133 Å². The SMILES string of the molecule is CCN(C[C@@H](O)[C@@H](N)Cc1ccccc1)C(=O)OC(C)(C)C. The third kappa shape index (κ3) is 6.45. The lowest BCUT2D eigenvalue weighted by Gasteiger charge is -2.29. The van der Waals surface area contributed by atoms with Gasteiger partial charge in [0.15, 0.2) is 0 Å². The van der Waals surface area contributed by atoms with Gasteiger partial charge in [0.05, 0.1) is 12.6 Å². The van der Waals surface area contributed by atoms with Gasteiger partial charge in [-0.3, -0.25) is 0 Å². The van der Waals surface area contributed by atoms with E-state index in [0.29, 0.717) is 13.0 Å². The predicted molar refractivity (Wildman–Crippen MR) is 87.6 cm³/mol. The van der Waals surface area contributed by atoms with Gasteiger partial charge in [0.1, 0.15) is 5.60 Å². The number of benzene rings is 1. The van der Waals surface area contributed by atoms with E-state index < -0.39 is 23.8 Å². The molecule has 124 valence electrons. The second-order valence-corrected chi connectivity index (χ2v) is 6.44. The highest BCUT2D eigenvalue weighted by Crippen LogP contribution is 2.11. The second kappa shape index (κ2) is 8.15. The van der Waals surface area contributed by atoms with Crippen molar-refractivity contribution in [1.29, 1.82) is 0 Å². The molecule has 0 saturated carbocycles. The molecule has 22 heavy (non-hydrogen) atoms. The van der Waals surface area contributed by atoms with E-state index in [0.717, 1.165) is 5.56 Å². The number of hydrogen-bond acceptors (Lipinski definition) is 4. The van der Waals surface area contributed by atoms with Gasteiger partial charge in [-0.2, -0.15) is 0 Å². The number of likely N-dealkylation sites (N-methyl/N-ethyl adjacent to an activating group) is 1. The van der Waals surface area contributed by atoms with E-state index in [4.69, 9.17) is 10.5 Å². The second-order valence-electron chi connectivity index (χ2n) is 6.44. The number of aliphatic hydroxyl groups excluding tert-OH is 1. The minimum atomic E-state index is -0.798. The van der Waals surface area contributed by atoms with E-state index in [-0.39, 0.29) is 6.54 Å². The Bertz CT molecular complexity index is 457. The molecule has 3 N–H and O–H groups in total. The fourth-order valence-electron chi connectivity index (χ4n) is 2.04. The number of aliphatic hydroxyl groups is 1. The number of carbonyl (C=O) groups is 1. The van der Waals surface area contributed by atoms with E-state index in [1.807, 2.05) is 58.0 Å². The molecular weight excluding hydrogens is 280 g/mol. The molecule has 0 spiro atoms. The van der Waals surface area contributed by atoms with Gasteiger partial charge in [-0.25, -0.2) is 4.79 Å². The van der Waals surface area contributed by atoms with Crippen LogP contribution in [0.15, 0.2) is 30.3 Å². The zero-order chi connectivity index (χ0) is 16.8. The van der Waals surface area contributed by atoms with Crippen LogP contribution in [0.1, 0.15) is 33.3 Å². The molecule has 1 rings (SSSR count). The number of hydrogen-bond donors (Lipinski definition) is 2. The molecule has 1 aromatic rings. The van der Waals surface area contributed by atoms with Crippen LogP contribution in [0.4, 0.5) is 4.79 Å². The van der Waals surface area contributed by atoms with Crippen molar-refractivity contribution in [3.05, 3.63) is 35.9 Å². The van der Waals surface area contributed by atoms with Gasteiger partial charge in [-0.05, 0) is 39.7 Å². The molecule has 2 atom stereocenters. The van der Waals surface area contributed by atoms with Gasteiger partial charge < -0.3 is 20.5 Å². The van der Waals surface area contributed by atoms with Gasteiger partial charge in [-0.15, -0.1) is 0 Å². The highest BCUT2D eigenvalue weighted by molar-refractivity contribution is 5.68. The van der Waals surface area contributed by atoms with Crippen molar-refractivity contribution in [2.45, 2.75) is 51.9 Å². The summed E-state index contributed by atoms with van der Waals surface area (Å²) in [7, 11) is 0. The Kier molecular flexibility index (Phi) is 6.84. The molecule has 0 unspecified atom stereocenters. The van der Waals surface area contributed by atoms with Gasteiger partial charge in [0, 0.05) is 12.6 Å². The third-order valence-corrected chi connectivity index (χ3v) is 3.25. The van der Waals surface area contributed by atoms with Gasteiger partial charge in [0.25, 0.3) is 0 Å². The Hall–Kier alpha value is -1.59. The smallest absolute Gasteiger partial charge is 0.410 e. The van der Waals surface area contributed by atoms with Crippen LogP contribution in [0.25, 0.3) is 0 Å². The maximum absolute atomic E-state index is 12.1. The number of carbonyl (C=O) groups excluding carboxylic acids is 1. The Balaban J connectivity index is 2.56. The average Bonchev–Trinajstić information content (AvgIpc) is 2.43. The first-order chi connectivity index (χ1) is 10.2. The number of ether oxygens (including phenoxy) is 1. The van der Waals surface area contributed by atoms with Crippen LogP contribution >= 0.6 is 0 Å². The highest BCUT2D eigenvalue weighted by atomic mass is 16.6. The molecule has 0 fully saturated rings. The normalized spacial score (nSPS) is 14.3. The quantitative estimate of drug-likeness (QED) is 0.844. The molecule has 0 aliphatic rings. The maximum atomic E-state index is 12.1. The van der Waals surface area contributed by atoms with Crippen molar-refractivity contribution in [2.75, 3.05) is 13.1 Å². The van der Waals surface area contributed by atoms with Crippen molar-refractivity contribution in [1.82, 2.24) is 4.90 Å². The molecule has 5 heteroatoms. The lowest BCUT2D eigenvalue weighted by Crippen LogP contribution is -2.47. The molecule has 0 aliphatic carbocycles. The molecule has 1 aromatic carbocycles. The first-order valence-corrected chi connectivity index (χ1v) is 7.68. The van der Waals surface area contributed by atoms with Crippen LogP contribution in [0.2, 0.25) is 0 Å². The number of nitrogens with zero attached hydrogens (tertiary/aromatic N) is 1. The minimum absolute atomic E-state index is 0.166. The van der Waals surface area contributed by atoms with Crippen LogP contribution in [0, 0.1) is 0 Å². The summed E-state index contributed by atoms with van der Waals surface area (Å²) >= 11 is 0. The van der Waals surface area contributed by atoms with E-state index in [9.17, 15) is 9.90 Å². The monoisotopic (exact) mass is 308 g/mol. The lowest BCUT2D eigenvalue weighted by atomic mass is 10.0. The highest BCUT2D eigenvalue weighted by Gasteiger charge is 2.25. The van der Waals surface area contributed by atoms with E-state index in [1.165, 1.54) is 4.90 Å². The van der Waals surface area contributed by atoms with Crippen LogP contribution in [0.5, 0.6) is 0 Å². The fraction of sp³-hybridized carbons (Fsp3) is 0.588. The van der Waals surface area contributed by atoms with Gasteiger partial charge >= 0.3 is 6.09 Å². The summed E-state index contributed by atoms with van der Waals surface area (Å²) in [4.78, 5) is 13.5. The molecule has 0 aromatic heterocycles. The van der Waals surface area contributed by atoms with Gasteiger partial charge in [0.2, 0.25) is 0 Å². The first kappa shape index (κ1) is 18.5. The van der Waals surface area contributed by atoms with E-state index in [2.05, 4.69) is 0 Å². The van der Waals surface area contributed by atoms with Gasteiger partial charge in [-0.1, -0.05) is 30.3 Å². The molecule has 0 saturated heterocycles. The van der Waals surface area contributed by atoms with Crippen molar-refractivity contribution in [2.24, 2.45) is 5.73 Å². The van der Waals surface area contributed by atoms with Crippen LogP contribution < -0.4 is 5.73 Å². The van der Waals surface area contributed by atoms with Crippen LogP contribution in [-0.2, 0) is 11.2 Å². The Morgan fingerprint density at radius 3 is 2.41 bits per heavy atom. The summed E-state index contributed by atoms with van der Waals surface area (Å²) in [5.41, 5.74) is 6.56. The van der Waals surface area contributed by atoms with Crippen LogP contribution in [-0.4, -0.2) is 46.9 Å². The first-order valence-electron chi connectivity index (χ1n) is 7.68. The fourth-order valence-corrected chi connectivity index (χ4v) is 2.04. The average molecular weight is 308 g/mol. The van der Waals surface area contributed by atoms with Crippen molar-refractivity contribution in [3.8, 4) is 0 Å². The van der Waals surface area contributed by atoms with Crippen LogP contribution in [0.3, 0.4) is 0 Å². The summed E-state index contributed by atoms with van der Waals surface area (Å²) in [6, 6.07) is 9.32. The molecule has 0 aliphatic heterocycles. The van der Waals surface area contributed by atoms with Crippen molar-refractivity contribution in [3.63, 3.8) is 0 Å². The summed E-state index contributed by atoms with van der Waals surface area (Å²) in [5, 5.41) is 10.3. The molecular formula is C17H28N2O3. The standard InChI is InChI=1S/C17H28N2O3/c1-5-19(16(21)22-17(2,3)4)12-15(20)14(18)11-13-9-7-6-8-10-13/h6-10,14-15,20H,5,11-12,18H2,1-4H3/t14-,15+/m0/s1. The Morgan fingerprint density at radius 2 is 1.91 bits per heavy atom. The number of rotatable bonds is 6.